The number of likely N-dealkylation sites (tertiary alicyclic amines) is 1. The molecule has 0 radical (unpaired) electrons. The van der Waals surface area contributed by atoms with Gasteiger partial charge >= 0.3 is 0 Å². The van der Waals surface area contributed by atoms with Crippen molar-refractivity contribution in [2.45, 2.75) is 65.8 Å². The van der Waals surface area contributed by atoms with E-state index in [4.69, 9.17) is 0 Å². The van der Waals surface area contributed by atoms with Crippen molar-refractivity contribution in [3.8, 4) is 0 Å². The minimum absolute atomic E-state index is 0.714. The van der Waals surface area contributed by atoms with Crippen molar-refractivity contribution in [3.05, 3.63) is 24.0 Å². The van der Waals surface area contributed by atoms with Crippen molar-refractivity contribution in [1.29, 1.82) is 0 Å². The van der Waals surface area contributed by atoms with Gasteiger partial charge in [-0.3, -0.25) is 0 Å². The molecule has 1 saturated heterocycles. The predicted octanol–water partition coefficient (Wildman–Crippen LogP) is 4.14. The van der Waals surface area contributed by atoms with E-state index in [1.165, 1.54) is 44.3 Å². The van der Waals surface area contributed by atoms with Crippen molar-refractivity contribution >= 4 is 0 Å². The quantitative estimate of drug-likeness (QED) is 0.633. The third-order valence-corrected chi connectivity index (χ3v) is 5.47. The van der Waals surface area contributed by atoms with Crippen molar-refractivity contribution < 1.29 is 0 Å². The van der Waals surface area contributed by atoms with E-state index in [9.17, 15) is 0 Å². The largest absolute Gasteiger partial charge is 0.368 e. The third-order valence-electron chi connectivity index (χ3n) is 5.47. The molecule has 3 heteroatoms. The van der Waals surface area contributed by atoms with Crippen LogP contribution < -0.4 is 10.6 Å². The van der Waals surface area contributed by atoms with E-state index in [0.717, 1.165) is 24.8 Å². The van der Waals surface area contributed by atoms with E-state index in [0.29, 0.717) is 6.04 Å². The molecule has 1 fully saturated rings. The van der Waals surface area contributed by atoms with Gasteiger partial charge in [0, 0.05) is 6.04 Å². The fourth-order valence-electron chi connectivity index (χ4n) is 3.42. The number of allylic oxidation sites excluding steroid dienone is 2. The maximum Gasteiger partial charge on any atom is 0.00955 e. The van der Waals surface area contributed by atoms with Gasteiger partial charge in [0.2, 0.25) is 0 Å². The summed E-state index contributed by atoms with van der Waals surface area (Å²) in [7, 11) is 2.06. The highest BCUT2D eigenvalue weighted by Crippen LogP contribution is 2.25. The zero-order valence-corrected chi connectivity index (χ0v) is 16.1. The van der Waals surface area contributed by atoms with Gasteiger partial charge in [-0.25, -0.2) is 0 Å². The minimum Gasteiger partial charge on any atom is -0.368 e. The molecule has 0 aliphatic carbocycles. The molecule has 0 amide bonds. The van der Waals surface area contributed by atoms with Crippen LogP contribution in [0, 0.1) is 11.8 Å². The van der Waals surface area contributed by atoms with Gasteiger partial charge in [0.15, 0.2) is 0 Å². The SMILES string of the molecule is CC/C(C)=C/N/C=C/C1CCN(C(C)C(CC)CCNC)CC1. The number of piperidine rings is 1. The molecule has 2 N–H and O–H groups in total. The van der Waals surface area contributed by atoms with E-state index in [-0.39, 0.29) is 0 Å². The van der Waals surface area contributed by atoms with Gasteiger partial charge in [0.25, 0.3) is 0 Å². The molecule has 0 aromatic carbocycles. The minimum atomic E-state index is 0.714. The first-order chi connectivity index (χ1) is 11.1. The molecule has 0 bridgehead atoms. The van der Waals surface area contributed by atoms with Crippen molar-refractivity contribution in [2.24, 2.45) is 11.8 Å². The fraction of sp³-hybridized carbons (Fsp3) is 0.800. The van der Waals surface area contributed by atoms with Crippen molar-refractivity contribution in [2.75, 3.05) is 26.7 Å². The maximum atomic E-state index is 3.30. The summed E-state index contributed by atoms with van der Waals surface area (Å²) in [5, 5.41) is 6.60. The molecule has 1 aliphatic rings. The van der Waals surface area contributed by atoms with E-state index in [1.54, 1.807) is 0 Å². The molecule has 23 heavy (non-hydrogen) atoms. The molecule has 2 unspecified atom stereocenters. The van der Waals surface area contributed by atoms with E-state index < -0.39 is 0 Å². The molecule has 0 aromatic rings. The average molecular weight is 322 g/mol. The first-order valence-electron chi connectivity index (χ1n) is 9.59. The Morgan fingerprint density at radius 1 is 1.26 bits per heavy atom. The molecule has 0 aromatic heterocycles. The smallest absolute Gasteiger partial charge is 0.00955 e. The summed E-state index contributed by atoms with van der Waals surface area (Å²) in [4.78, 5) is 2.71. The summed E-state index contributed by atoms with van der Waals surface area (Å²) in [6, 6.07) is 0.714. The highest BCUT2D eigenvalue weighted by molar-refractivity contribution is 5.00. The van der Waals surface area contributed by atoms with Crippen LogP contribution in [0.25, 0.3) is 0 Å². The van der Waals surface area contributed by atoms with Crippen LogP contribution in [-0.2, 0) is 0 Å². The molecular weight excluding hydrogens is 282 g/mol. The molecule has 2 atom stereocenters. The zero-order valence-electron chi connectivity index (χ0n) is 16.1. The normalized spacial score (nSPS) is 20.8. The summed E-state index contributed by atoms with van der Waals surface area (Å²) in [6.45, 7) is 12.8. The van der Waals surface area contributed by atoms with Gasteiger partial charge in [-0.1, -0.05) is 31.9 Å². The van der Waals surface area contributed by atoms with Crippen LogP contribution in [0.2, 0.25) is 0 Å². The molecular formula is C20H39N3. The molecule has 134 valence electrons. The topological polar surface area (TPSA) is 27.3 Å². The van der Waals surface area contributed by atoms with Gasteiger partial charge in [0.1, 0.15) is 0 Å². The summed E-state index contributed by atoms with van der Waals surface area (Å²) in [5.74, 6) is 1.55. The van der Waals surface area contributed by atoms with E-state index >= 15 is 0 Å². The molecule has 1 aliphatic heterocycles. The monoisotopic (exact) mass is 321 g/mol. The fourth-order valence-corrected chi connectivity index (χ4v) is 3.42. The summed E-state index contributed by atoms with van der Waals surface area (Å²) in [6.07, 6.45) is 12.9. The lowest BCUT2D eigenvalue weighted by Crippen LogP contribution is -2.43. The van der Waals surface area contributed by atoms with Crippen LogP contribution >= 0.6 is 0 Å². The number of hydrogen-bond donors (Lipinski definition) is 2. The predicted molar refractivity (Wildman–Crippen MR) is 102 cm³/mol. The van der Waals surface area contributed by atoms with Crippen LogP contribution in [0.15, 0.2) is 24.0 Å². The van der Waals surface area contributed by atoms with E-state index in [2.05, 4.69) is 68.8 Å². The van der Waals surface area contributed by atoms with E-state index in [1.807, 2.05) is 0 Å². The van der Waals surface area contributed by atoms with Gasteiger partial charge in [-0.2, -0.15) is 0 Å². The summed E-state index contributed by atoms with van der Waals surface area (Å²) in [5.41, 5.74) is 1.39. The Balaban J connectivity index is 2.35. The lowest BCUT2D eigenvalue weighted by Gasteiger charge is -2.39. The van der Waals surface area contributed by atoms with Gasteiger partial charge in [-0.15, -0.1) is 0 Å². The van der Waals surface area contributed by atoms with Crippen LogP contribution in [0.5, 0.6) is 0 Å². The second-order valence-electron chi connectivity index (χ2n) is 7.04. The number of hydrogen-bond acceptors (Lipinski definition) is 3. The molecule has 0 saturated carbocycles. The average Bonchev–Trinajstić information content (AvgIpc) is 2.59. The van der Waals surface area contributed by atoms with Crippen LogP contribution in [0.4, 0.5) is 0 Å². The van der Waals surface area contributed by atoms with Crippen LogP contribution in [-0.4, -0.2) is 37.6 Å². The standard InChI is InChI=1S/C20H39N3/c1-6-17(3)16-22-13-8-19-10-14-23(15-11-19)18(4)20(7-2)9-12-21-5/h8,13,16,18-22H,6-7,9-12,14-15H2,1-5H3/b13-8+,17-16+. The highest BCUT2D eigenvalue weighted by Gasteiger charge is 2.25. The zero-order chi connectivity index (χ0) is 17.1. The number of nitrogens with one attached hydrogen (secondary N) is 2. The lowest BCUT2D eigenvalue weighted by molar-refractivity contribution is 0.109. The highest BCUT2D eigenvalue weighted by atomic mass is 15.2. The Morgan fingerprint density at radius 3 is 2.52 bits per heavy atom. The van der Waals surface area contributed by atoms with Gasteiger partial charge < -0.3 is 15.5 Å². The molecule has 0 spiro atoms. The summed E-state index contributed by atoms with van der Waals surface area (Å²) >= 11 is 0. The van der Waals surface area contributed by atoms with Crippen LogP contribution in [0.3, 0.4) is 0 Å². The Kier molecular flexibility index (Phi) is 10.3. The van der Waals surface area contributed by atoms with Gasteiger partial charge in [-0.05, 0) is 90.4 Å². The second kappa shape index (κ2) is 11.7. The van der Waals surface area contributed by atoms with Gasteiger partial charge in [0.05, 0.1) is 0 Å². The Morgan fingerprint density at radius 2 is 1.96 bits per heavy atom. The Bertz CT molecular complexity index is 354. The number of rotatable bonds is 10. The number of nitrogens with zero attached hydrogens (tertiary/aromatic N) is 1. The maximum absolute atomic E-state index is 3.30. The summed E-state index contributed by atoms with van der Waals surface area (Å²) < 4.78 is 0. The first-order valence-corrected chi connectivity index (χ1v) is 9.59. The lowest BCUT2D eigenvalue weighted by atomic mass is 9.89. The van der Waals surface area contributed by atoms with Crippen molar-refractivity contribution in [1.82, 2.24) is 15.5 Å². The Labute approximate surface area is 144 Å². The Hall–Kier alpha value is -0.800. The molecule has 1 heterocycles. The second-order valence-corrected chi connectivity index (χ2v) is 7.04. The first kappa shape index (κ1) is 20.2. The van der Waals surface area contributed by atoms with Crippen LogP contribution in [0.1, 0.15) is 59.8 Å². The van der Waals surface area contributed by atoms with Crippen molar-refractivity contribution in [3.63, 3.8) is 0 Å². The molecule has 3 nitrogen and oxygen atoms in total. The molecule has 1 rings (SSSR count). The third kappa shape index (κ3) is 7.54.